The summed E-state index contributed by atoms with van der Waals surface area (Å²) in [5.41, 5.74) is 1.47. The van der Waals surface area contributed by atoms with Gasteiger partial charge in [-0.15, -0.1) is 0 Å². The van der Waals surface area contributed by atoms with Crippen LogP contribution in [-0.2, 0) is 4.79 Å². The number of rotatable bonds is 3. The van der Waals surface area contributed by atoms with Gasteiger partial charge in [0.15, 0.2) is 0 Å². The lowest BCUT2D eigenvalue weighted by Crippen LogP contribution is -2.23. The van der Waals surface area contributed by atoms with E-state index in [0.29, 0.717) is 18.8 Å². The Bertz CT molecular complexity index is 529. The molecule has 0 amide bonds. The molecule has 102 valence electrons. The molecule has 6 heteroatoms. The number of nitro groups is 1. The molecule has 19 heavy (non-hydrogen) atoms. The summed E-state index contributed by atoms with van der Waals surface area (Å²) >= 11 is 0. The van der Waals surface area contributed by atoms with Gasteiger partial charge in [0.25, 0.3) is 5.69 Å². The third-order valence-corrected chi connectivity index (χ3v) is 3.60. The molecule has 2 rings (SSSR count). The van der Waals surface area contributed by atoms with Gasteiger partial charge in [-0.3, -0.25) is 14.9 Å². The molecule has 1 aliphatic rings. The van der Waals surface area contributed by atoms with Crippen molar-refractivity contribution in [1.82, 2.24) is 0 Å². The fourth-order valence-corrected chi connectivity index (χ4v) is 2.53. The fraction of sp³-hybridized carbons (Fsp3) is 0.462. The minimum atomic E-state index is -0.842. The Labute approximate surface area is 110 Å². The van der Waals surface area contributed by atoms with Crippen LogP contribution in [0.1, 0.15) is 12.5 Å². The van der Waals surface area contributed by atoms with Gasteiger partial charge in [-0.1, -0.05) is 13.0 Å². The Hall–Kier alpha value is -2.11. The van der Waals surface area contributed by atoms with Crippen LogP contribution >= 0.6 is 0 Å². The second-order valence-corrected chi connectivity index (χ2v) is 5.08. The highest BCUT2D eigenvalue weighted by atomic mass is 16.6. The molecule has 1 aromatic rings. The molecule has 2 atom stereocenters. The summed E-state index contributed by atoms with van der Waals surface area (Å²) in [6.45, 7) is 4.57. The van der Waals surface area contributed by atoms with Crippen LogP contribution < -0.4 is 4.90 Å². The molecule has 1 saturated heterocycles. The van der Waals surface area contributed by atoms with Crippen LogP contribution in [0.3, 0.4) is 0 Å². The van der Waals surface area contributed by atoms with Crippen LogP contribution in [0.2, 0.25) is 0 Å². The van der Waals surface area contributed by atoms with E-state index in [1.54, 1.807) is 17.0 Å². The number of aryl methyl sites for hydroxylation is 1. The van der Waals surface area contributed by atoms with Crippen LogP contribution in [0, 0.1) is 28.9 Å². The van der Waals surface area contributed by atoms with Crippen LogP contribution in [0.5, 0.6) is 0 Å². The average molecular weight is 264 g/mol. The number of carboxylic acid groups (broad SMARTS) is 1. The van der Waals surface area contributed by atoms with Gasteiger partial charge in [-0.05, 0) is 24.5 Å². The number of anilines is 1. The molecule has 0 saturated carbocycles. The lowest BCUT2D eigenvalue weighted by molar-refractivity contribution is -0.384. The third kappa shape index (κ3) is 2.52. The first kappa shape index (κ1) is 13.3. The SMILES string of the molecule is Cc1ccc([N+](=O)[O-])c(N2CC(C)C(C(=O)O)C2)c1. The van der Waals surface area contributed by atoms with Crippen LogP contribution in [-0.4, -0.2) is 29.1 Å². The first-order chi connectivity index (χ1) is 8.90. The van der Waals surface area contributed by atoms with Gasteiger partial charge in [0.1, 0.15) is 5.69 Å². The van der Waals surface area contributed by atoms with Gasteiger partial charge in [0.05, 0.1) is 10.8 Å². The molecule has 0 bridgehead atoms. The smallest absolute Gasteiger partial charge is 0.308 e. The Morgan fingerprint density at radius 1 is 1.47 bits per heavy atom. The molecule has 1 fully saturated rings. The topological polar surface area (TPSA) is 83.7 Å². The summed E-state index contributed by atoms with van der Waals surface area (Å²) < 4.78 is 0. The second kappa shape index (κ2) is 4.87. The minimum Gasteiger partial charge on any atom is -0.481 e. The Kier molecular flexibility index (Phi) is 3.42. The number of carboxylic acids is 1. The largest absolute Gasteiger partial charge is 0.481 e. The molecule has 0 spiro atoms. The van der Waals surface area contributed by atoms with E-state index in [4.69, 9.17) is 5.11 Å². The van der Waals surface area contributed by atoms with E-state index in [1.165, 1.54) is 6.07 Å². The molecular weight excluding hydrogens is 248 g/mol. The molecule has 0 aromatic heterocycles. The molecule has 6 nitrogen and oxygen atoms in total. The molecule has 1 heterocycles. The first-order valence-electron chi connectivity index (χ1n) is 6.13. The number of benzene rings is 1. The highest BCUT2D eigenvalue weighted by Gasteiger charge is 2.36. The molecular formula is C13H16N2O4. The molecule has 1 aromatic carbocycles. The summed E-state index contributed by atoms with van der Waals surface area (Å²) in [6, 6.07) is 4.91. The van der Waals surface area contributed by atoms with Crippen molar-refractivity contribution in [2.75, 3.05) is 18.0 Å². The first-order valence-corrected chi connectivity index (χ1v) is 6.13. The van der Waals surface area contributed by atoms with E-state index in [9.17, 15) is 14.9 Å². The summed E-state index contributed by atoms with van der Waals surface area (Å²) in [6.07, 6.45) is 0. The zero-order valence-corrected chi connectivity index (χ0v) is 10.9. The Morgan fingerprint density at radius 2 is 2.16 bits per heavy atom. The van der Waals surface area contributed by atoms with Crippen molar-refractivity contribution in [1.29, 1.82) is 0 Å². The van der Waals surface area contributed by atoms with Gasteiger partial charge in [0, 0.05) is 19.2 Å². The number of hydrogen-bond donors (Lipinski definition) is 1. The highest BCUT2D eigenvalue weighted by Crippen LogP contribution is 2.35. The normalized spacial score (nSPS) is 22.5. The maximum Gasteiger partial charge on any atom is 0.308 e. The zero-order chi connectivity index (χ0) is 14.2. The number of nitrogens with zero attached hydrogens (tertiary/aromatic N) is 2. The standard InChI is InChI=1S/C13H16N2O4/c1-8-3-4-11(15(18)19)12(5-8)14-6-9(2)10(7-14)13(16)17/h3-5,9-10H,6-7H2,1-2H3,(H,16,17). The minimum absolute atomic E-state index is 0.0161. The lowest BCUT2D eigenvalue weighted by atomic mass is 9.99. The molecule has 0 radical (unpaired) electrons. The van der Waals surface area contributed by atoms with E-state index < -0.39 is 16.8 Å². The van der Waals surface area contributed by atoms with Gasteiger partial charge < -0.3 is 10.0 Å². The number of aliphatic carboxylic acids is 1. The van der Waals surface area contributed by atoms with Crippen molar-refractivity contribution in [3.8, 4) is 0 Å². The lowest BCUT2D eigenvalue weighted by Gasteiger charge is -2.18. The van der Waals surface area contributed by atoms with Crippen LogP contribution in [0.4, 0.5) is 11.4 Å². The van der Waals surface area contributed by atoms with Crippen molar-refractivity contribution in [3.63, 3.8) is 0 Å². The predicted octanol–water partition coefficient (Wildman–Crippen LogP) is 2.06. The van der Waals surface area contributed by atoms with E-state index >= 15 is 0 Å². The number of nitro benzene ring substituents is 1. The van der Waals surface area contributed by atoms with Gasteiger partial charge in [-0.2, -0.15) is 0 Å². The van der Waals surface area contributed by atoms with Gasteiger partial charge >= 0.3 is 5.97 Å². The fourth-order valence-electron chi connectivity index (χ4n) is 2.53. The van der Waals surface area contributed by atoms with Crippen molar-refractivity contribution >= 4 is 17.3 Å². The summed E-state index contributed by atoms with van der Waals surface area (Å²) in [5, 5.41) is 20.2. The summed E-state index contributed by atoms with van der Waals surface area (Å²) in [7, 11) is 0. The monoisotopic (exact) mass is 264 g/mol. The van der Waals surface area contributed by atoms with E-state index in [-0.39, 0.29) is 11.6 Å². The average Bonchev–Trinajstić information content (AvgIpc) is 2.70. The zero-order valence-electron chi connectivity index (χ0n) is 10.9. The van der Waals surface area contributed by atoms with Crippen LogP contribution in [0.25, 0.3) is 0 Å². The van der Waals surface area contributed by atoms with Crippen molar-refractivity contribution in [3.05, 3.63) is 33.9 Å². The van der Waals surface area contributed by atoms with E-state index in [0.717, 1.165) is 5.56 Å². The molecule has 2 unspecified atom stereocenters. The predicted molar refractivity (Wildman–Crippen MR) is 70.3 cm³/mol. The number of hydrogen-bond acceptors (Lipinski definition) is 4. The quantitative estimate of drug-likeness (QED) is 0.667. The van der Waals surface area contributed by atoms with Crippen LogP contribution in [0.15, 0.2) is 18.2 Å². The summed E-state index contributed by atoms with van der Waals surface area (Å²) in [5.74, 6) is -1.33. The van der Waals surface area contributed by atoms with Crippen molar-refractivity contribution < 1.29 is 14.8 Å². The van der Waals surface area contributed by atoms with Crippen molar-refractivity contribution in [2.24, 2.45) is 11.8 Å². The molecule has 1 aliphatic heterocycles. The maximum atomic E-state index is 11.1. The maximum absolute atomic E-state index is 11.1. The van der Waals surface area contributed by atoms with Gasteiger partial charge in [-0.25, -0.2) is 0 Å². The Balaban J connectivity index is 2.35. The molecule has 1 N–H and O–H groups in total. The third-order valence-electron chi connectivity index (χ3n) is 3.60. The summed E-state index contributed by atoms with van der Waals surface area (Å²) in [4.78, 5) is 23.5. The highest BCUT2D eigenvalue weighted by molar-refractivity contribution is 5.74. The van der Waals surface area contributed by atoms with Gasteiger partial charge in [0.2, 0.25) is 0 Å². The Morgan fingerprint density at radius 3 is 2.68 bits per heavy atom. The van der Waals surface area contributed by atoms with Crippen molar-refractivity contribution in [2.45, 2.75) is 13.8 Å². The second-order valence-electron chi connectivity index (χ2n) is 5.08. The molecule has 0 aliphatic carbocycles. The number of carbonyl (C=O) groups is 1. The van der Waals surface area contributed by atoms with E-state index in [1.807, 2.05) is 13.8 Å². The van der Waals surface area contributed by atoms with E-state index in [2.05, 4.69) is 0 Å².